The molecule has 0 unspecified atom stereocenters. The number of likely N-dealkylation sites (tertiary alicyclic amines) is 1. The van der Waals surface area contributed by atoms with Gasteiger partial charge in [0.05, 0.1) is 24.0 Å². The van der Waals surface area contributed by atoms with E-state index in [4.69, 9.17) is 4.74 Å². The predicted molar refractivity (Wildman–Crippen MR) is 114 cm³/mol. The van der Waals surface area contributed by atoms with E-state index in [0.29, 0.717) is 12.2 Å². The third-order valence-electron chi connectivity index (χ3n) is 5.46. The molecule has 1 amide bonds. The number of aryl methyl sites for hydroxylation is 2. The molecule has 1 saturated heterocycles. The molecule has 1 fully saturated rings. The van der Waals surface area contributed by atoms with Crippen molar-refractivity contribution in [3.63, 3.8) is 0 Å². The van der Waals surface area contributed by atoms with Crippen molar-refractivity contribution in [2.75, 3.05) is 13.2 Å². The summed E-state index contributed by atoms with van der Waals surface area (Å²) in [5.41, 5.74) is 4.91. The van der Waals surface area contributed by atoms with E-state index in [-0.39, 0.29) is 11.9 Å². The zero-order valence-electron chi connectivity index (χ0n) is 17.3. The fourth-order valence-corrected chi connectivity index (χ4v) is 4.11. The minimum Gasteiger partial charge on any atom is -0.494 e. The molecule has 0 saturated carbocycles. The number of benzene rings is 2. The van der Waals surface area contributed by atoms with Crippen molar-refractivity contribution in [1.82, 2.24) is 14.7 Å². The molecule has 0 spiro atoms. The van der Waals surface area contributed by atoms with Crippen LogP contribution in [-0.4, -0.2) is 33.7 Å². The van der Waals surface area contributed by atoms with E-state index >= 15 is 0 Å². The van der Waals surface area contributed by atoms with Crippen LogP contribution in [0.3, 0.4) is 0 Å². The second-order valence-corrected chi connectivity index (χ2v) is 7.54. The highest BCUT2D eigenvalue weighted by molar-refractivity contribution is 5.94. The number of hydrogen-bond donors (Lipinski definition) is 0. The van der Waals surface area contributed by atoms with Gasteiger partial charge in [0.25, 0.3) is 5.91 Å². The predicted octanol–water partition coefficient (Wildman–Crippen LogP) is 4.87. The molecule has 0 N–H and O–H groups in total. The second-order valence-electron chi connectivity index (χ2n) is 7.54. The lowest BCUT2D eigenvalue weighted by Gasteiger charge is -2.25. The molecule has 2 heterocycles. The van der Waals surface area contributed by atoms with E-state index in [1.54, 1.807) is 0 Å². The van der Waals surface area contributed by atoms with Crippen LogP contribution in [0.5, 0.6) is 5.75 Å². The molecule has 2 aromatic carbocycles. The smallest absolute Gasteiger partial charge is 0.254 e. The molecular formula is C24H27N3O2. The number of hydrogen-bond acceptors (Lipinski definition) is 3. The zero-order valence-corrected chi connectivity index (χ0v) is 17.3. The molecule has 1 aliphatic heterocycles. The molecule has 0 aliphatic carbocycles. The summed E-state index contributed by atoms with van der Waals surface area (Å²) in [6, 6.07) is 18.0. The van der Waals surface area contributed by atoms with Gasteiger partial charge in [0.1, 0.15) is 5.75 Å². The molecule has 1 aromatic heterocycles. The van der Waals surface area contributed by atoms with E-state index in [1.165, 1.54) is 5.56 Å². The van der Waals surface area contributed by atoms with Crippen molar-refractivity contribution < 1.29 is 9.53 Å². The lowest BCUT2D eigenvalue weighted by Crippen LogP contribution is -2.30. The Labute approximate surface area is 171 Å². The maximum Gasteiger partial charge on any atom is 0.254 e. The fourth-order valence-electron chi connectivity index (χ4n) is 4.11. The molecule has 5 nitrogen and oxygen atoms in total. The number of ether oxygens (including phenoxy) is 1. The summed E-state index contributed by atoms with van der Waals surface area (Å²) in [6.45, 7) is 7.43. The minimum absolute atomic E-state index is 0.0845. The van der Waals surface area contributed by atoms with Gasteiger partial charge in [-0.2, -0.15) is 5.10 Å². The third kappa shape index (κ3) is 3.90. The monoisotopic (exact) mass is 389 g/mol. The Balaban J connectivity index is 1.53. The van der Waals surface area contributed by atoms with Gasteiger partial charge >= 0.3 is 0 Å². The van der Waals surface area contributed by atoms with E-state index in [2.05, 4.69) is 17.2 Å². The zero-order chi connectivity index (χ0) is 20.4. The maximum absolute atomic E-state index is 13.2. The second kappa shape index (κ2) is 8.11. The Bertz CT molecular complexity index is 990. The molecule has 3 aromatic rings. The normalized spacial score (nSPS) is 16.2. The van der Waals surface area contributed by atoms with Crippen molar-refractivity contribution in [2.45, 2.75) is 39.7 Å². The van der Waals surface area contributed by atoms with Crippen molar-refractivity contribution in [2.24, 2.45) is 0 Å². The van der Waals surface area contributed by atoms with Crippen LogP contribution in [0.1, 0.15) is 53.1 Å². The van der Waals surface area contributed by atoms with Crippen molar-refractivity contribution in [3.05, 3.63) is 77.1 Å². The van der Waals surface area contributed by atoms with Crippen LogP contribution in [0, 0.1) is 13.8 Å². The number of rotatable bonds is 5. The Morgan fingerprint density at radius 2 is 1.83 bits per heavy atom. The average Bonchev–Trinajstić information content (AvgIpc) is 3.35. The standard InChI is InChI=1S/C24H27N3O2/c1-4-29-22-13-9-19(10-14-22)23-6-5-15-26(23)24(28)20-7-11-21(12-8-20)27-18(3)16-17(2)25-27/h7-14,16,23H,4-6,15H2,1-3H3/t23-/m0/s1. The molecular weight excluding hydrogens is 362 g/mol. The Morgan fingerprint density at radius 3 is 2.45 bits per heavy atom. The van der Waals surface area contributed by atoms with Crippen LogP contribution < -0.4 is 4.74 Å². The highest BCUT2D eigenvalue weighted by Crippen LogP contribution is 2.34. The first kappa shape index (κ1) is 19.2. The van der Waals surface area contributed by atoms with Gasteiger partial charge in [-0.05, 0) is 81.6 Å². The van der Waals surface area contributed by atoms with Crippen LogP contribution in [0.15, 0.2) is 54.6 Å². The van der Waals surface area contributed by atoms with Crippen molar-refractivity contribution in [1.29, 1.82) is 0 Å². The van der Waals surface area contributed by atoms with Crippen molar-refractivity contribution >= 4 is 5.91 Å². The summed E-state index contributed by atoms with van der Waals surface area (Å²) in [5, 5.41) is 4.52. The lowest BCUT2D eigenvalue weighted by molar-refractivity contribution is 0.0735. The summed E-state index contributed by atoms with van der Waals surface area (Å²) in [4.78, 5) is 15.2. The summed E-state index contributed by atoms with van der Waals surface area (Å²) in [6.07, 6.45) is 2.01. The minimum atomic E-state index is 0.0845. The van der Waals surface area contributed by atoms with E-state index < -0.39 is 0 Å². The number of carbonyl (C=O) groups excluding carboxylic acids is 1. The Kier molecular flexibility index (Phi) is 5.38. The number of aromatic nitrogens is 2. The summed E-state index contributed by atoms with van der Waals surface area (Å²) < 4.78 is 7.44. The number of carbonyl (C=O) groups is 1. The largest absolute Gasteiger partial charge is 0.494 e. The molecule has 0 radical (unpaired) electrons. The number of amides is 1. The lowest BCUT2D eigenvalue weighted by atomic mass is 10.0. The van der Waals surface area contributed by atoms with Gasteiger partial charge in [0, 0.05) is 17.8 Å². The van der Waals surface area contributed by atoms with Gasteiger partial charge in [-0.15, -0.1) is 0 Å². The summed E-state index contributed by atoms with van der Waals surface area (Å²) in [5.74, 6) is 0.952. The van der Waals surface area contributed by atoms with E-state index in [1.807, 2.05) is 72.8 Å². The van der Waals surface area contributed by atoms with Gasteiger partial charge in [-0.3, -0.25) is 4.79 Å². The average molecular weight is 389 g/mol. The molecule has 150 valence electrons. The Hall–Kier alpha value is -3.08. The summed E-state index contributed by atoms with van der Waals surface area (Å²) >= 11 is 0. The van der Waals surface area contributed by atoms with Crippen LogP contribution in [-0.2, 0) is 0 Å². The van der Waals surface area contributed by atoms with E-state index in [9.17, 15) is 4.79 Å². The first-order valence-electron chi connectivity index (χ1n) is 10.2. The summed E-state index contributed by atoms with van der Waals surface area (Å²) in [7, 11) is 0. The SMILES string of the molecule is CCOc1ccc([C@@H]2CCCN2C(=O)c2ccc(-n3nc(C)cc3C)cc2)cc1. The van der Waals surface area contributed by atoms with Crippen LogP contribution in [0.25, 0.3) is 5.69 Å². The van der Waals surface area contributed by atoms with Crippen LogP contribution in [0.2, 0.25) is 0 Å². The van der Waals surface area contributed by atoms with Gasteiger partial charge in [-0.25, -0.2) is 4.68 Å². The molecule has 1 atom stereocenters. The van der Waals surface area contributed by atoms with Gasteiger partial charge in [-0.1, -0.05) is 12.1 Å². The highest BCUT2D eigenvalue weighted by atomic mass is 16.5. The first-order valence-corrected chi connectivity index (χ1v) is 10.2. The van der Waals surface area contributed by atoms with E-state index in [0.717, 1.165) is 42.2 Å². The van der Waals surface area contributed by atoms with Gasteiger partial charge in [0.2, 0.25) is 0 Å². The highest BCUT2D eigenvalue weighted by Gasteiger charge is 2.30. The van der Waals surface area contributed by atoms with Gasteiger partial charge in [0.15, 0.2) is 0 Å². The van der Waals surface area contributed by atoms with Crippen LogP contribution >= 0.6 is 0 Å². The van der Waals surface area contributed by atoms with Crippen molar-refractivity contribution in [3.8, 4) is 11.4 Å². The topological polar surface area (TPSA) is 47.4 Å². The van der Waals surface area contributed by atoms with Crippen LogP contribution in [0.4, 0.5) is 0 Å². The molecule has 5 heteroatoms. The maximum atomic E-state index is 13.2. The third-order valence-corrected chi connectivity index (χ3v) is 5.46. The molecule has 29 heavy (non-hydrogen) atoms. The van der Waals surface area contributed by atoms with Gasteiger partial charge < -0.3 is 9.64 Å². The Morgan fingerprint density at radius 1 is 1.10 bits per heavy atom. The number of nitrogens with zero attached hydrogens (tertiary/aromatic N) is 3. The molecule has 1 aliphatic rings. The quantitative estimate of drug-likeness (QED) is 0.626. The fraction of sp³-hybridized carbons (Fsp3) is 0.333. The first-order chi connectivity index (χ1) is 14.1. The molecule has 4 rings (SSSR count). The molecule has 0 bridgehead atoms.